The second kappa shape index (κ2) is 7.86. The van der Waals surface area contributed by atoms with Crippen LogP contribution in [0.15, 0.2) is 30.7 Å². The number of likely N-dealkylation sites (N-methyl/N-ethyl adjacent to an activating group) is 1. The van der Waals surface area contributed by atoms with Crippen molar-refractivity contribution in [3.05, 3.63) is 42.0 Å². The first-order valence-electron chi connectivity index (χ1n) is 9.43. The molecule has 3 aromatic heterocycles. The fourth-order valence-corrected chi connectivity index (χ4v) is 3.48. The van der Waals surface area contributed by atoms with Gasteiger partial charge in [0.25, 0.3) is 0 Å². The van der Waals surface area contributed by atoms with E-state index in [0.29, 0.717) is 23.0 Å². The number of fused-ring (bicyclic) bond motifs is 1. The summed E-state index contributed by atoms with van der Waals surface area (Å²) in [5.74, 6) is 1.88. The van der Waals surface area contributed by atoms with Gasteiger partial charge in [0.15, 0.2) is 5.82 Å². The summed E-state index contributed by atoms with van der Waals surface area (Å²) in [4.78, 5) is 28.2. The molecule has 0 aliphatic heterocycles. The van der Waals surface area contributed by atoms with Crippen LogP contribution in [-0.2, 0) is 24.7 Å². The fraction of sp³-hybridized carbons (Fsp3) is 0.350. The van der Waals surface area contributed by atoms with Crippen LogP contribution in [-0.4, -0.2) is 51.3 Å². The number of anilines is 2. The van der Waals surface area contributed by atoms with Crippen molar-refractivity contribution in [1.29, 1.82) is 0 Å². The monoisotopic (exact) mass is 393 g/mol. The number of nitrogens with one attached hydrogen (secondary N) is 1. The molecule has 0 bridgehead atoms. The largest absolute Gasteiger partial charge is 0.497 e. The SMILES string of the molecule is COc1ccnc(-c2nc3c(c(N(C)CC(=O)Nc4cnn(C)c4)n2)CCC3)c1. The Kier molecular flexibility index (Phi) is 5.11. The Labute approximate surface area is 168 Å². The molecule has 9 heteroatoms. The molecular formula is C20H23N7O2. The van der Waals surface area contributed by atoms with Gasteiger partial charge in [0.05, 0.1) is 25.5 Å². The Bertz CT molecular complexity index is 1050. The van der Waals surface area contributed by atoms with E-state index in [1.165, 1.54) is 0 Å². The topological polar surface area (TPSA) is 98.1 Å². The van der Waals surface area contributed by atoms with Crippen LogP contribution in [0.2, 0.25) is 0 Å². The van der Waals surface area contributed by atoms with E-state index in [2.05, 4.69) is 15.4 Å². The van der Waals surface area contributed by atoms with Gasteiger partial charge in [-0.1, -0.05) is 0 Å². The third kappa shape index (κ3) is 4.03. The standard InChI is InChI=1S/C20H23N7O2/c1-26(12-18(28)23-13-10-22-27(2)11-13)20-15-5-4-6-16(15)24-19(25-20)17-9-14(29-3)7-8-21-17/h7-11H,4-6,12H2,1-3H3,(H,23,28). The van der Waals surface area contributed by atoms with Crippen molar-refractivity contribution in [2.75, 3.05) is 30.9 Å². The molecule has 1 N–H and O–H groups in total. The number of amides is 1. The molecule has 0 spiro atoms. The summed E-state index contributed by atoms with van der Waals surface area (Å²) in [6.07, 6.45) is 7.89. The number of nitrogens with zero attached hydrogens (tertiary/aromatic N) is 6. The van der Waals surface area contributed by atoms with E-state index in [-0.39, 0.29) is 12.5 Å². The predicted molar refractivity (Wildman–Crippen MR) is 109 cm³/mol. The van der Waals surface area contributed by atoms with Crippen molar-refractivity contribution < 1.29 is 9.53 Å². The van der Waals surface area contributed by atoms with E-state index in [1.807, 2.05) is 18.0 Å². The van der Waals surface area contributed by atoms with Crippen LogP contribution in [0.4, 0.5) is 11.5 Å². The zero-order valence-corrected chi connectivity index (χ0v) is 16.7. The molecule has 0 saturated heterocycles. The van der Waals surface area contributed by atoms with Gasteiger partial charge in [-0.2, -0.15) is 5.10 Å². The van der Waals surface area contributed by atoms with Crippen LogP contribution in [0.3, 0.4) is 0 Å². The molecule has 0 unspecified atom stereocenters. The van der Waals surface area contributed by atoms with E-state index in [0.717, 1.165) is 36.3 Å². The Morgan fingerprint density at radius 3 is 2.97 bits per heavy atom. The summed E-state index contributed by atoms with van der Waals surface area (Å²) >= 11 is 0. The second-order valence-corrected chi connectivity index (χ2v) is 7.04. The molecule has 29 heavy (non-hydrogen) atoms. The normalized spacial score (nSPS) is 12.5. The van der Waals surface area contributed by atoms with Crippen LogP contribution >= 0.6 is 0 Å². The lowest BCUT2D eigenvalue weighted by Gasteiger charge is -2.21. The van der Waals surface area contributed by atoms with E-state index < -0.39 is 0 Å². The van der Waals surface area contributed by atoms with Gasteiger partial charge in [0, 0.05) is 43.8 Å². The molecule has 1 aliphatic rings. The zero-order chi connectivity index (χ0) is 20.4. The highest BCUT2D eigenvalue weighted by Crippen LogP contribution is 2.31. The van der Waals surface area contributed by atoms with E-state index in [9.17, 15) is 4.79 Å². The quantitative estimate of drug-likeness (QED) is 0.682. The number of rotatable bonds is 6. The highest BCUT2D eigenvalue weighted by molar-refractivity contribution is 5.93. The minimum absolute atomic E-state index is 0.132. The molecule has 1 aliphatic carbocycles. The minimum Gasteiger partial charge on any atom is -0.497 e. The third-order valence-corrected chi connectivity index (χ3v) is 4.84. The maximum atomic E-state index is 12.5. The highest BCUT2D eigenvalue weighted by atomic mass is 16.5. The number of aryl methyl sites for hydroxylation is 2. The molecule has 1 amide bonds. The molecule has 0 saturated carbocycles. The minimum atomic E-state index is -0.132. The van der Waals surface area contributed by atoms with Crippen LogP contribution < -0.4 is 15.0 Å². The van der Waals surface area contributed by atoms with Gasteiger partial charge in [0.2, 0.25) is 5.91 Å². The van der Waals surface area contributed by atoms with Gasteiger partial charge in [0.1, 0.15) is 17.3 Å². The number of methoxy groups -OCH3 is 1. The van der Waals surface area contributed by atoms with Gasteiger partial charge >= 0.3 is 0 Å². The number of hydrogen-bond donors (Lipinski definition) is 1. The molecule has 0 radical (unpaired) electrons. The molecule has 0 atom stereocenters. The van der Waals surface area contributed by atoms with Crippen molar-refractivity contribution in [2.24, 2.45) is 7.05 Å². The Morgan fingerprint density at radius 1 is 1.34 bits per heavy atom. The Hall–Kier alpha value is -3.49. The van der Waals surface area contributed by atoms with Gasteiger partial charge < -0.3 is 15.0 Å². The van der Waals surface area contributed by atoms with Gasteiger partial charge in [-0.25, -0.2) is 9.97 Å². The summed E-state index contributed by atoms with van der Waals surface area (Å²) in [7, 11) is 5.29. The van der Waals surface area contributed by atoms with E-state index in [4.69, 9.17) is 14.7 Å². The summed E-state index contributed by atoms with van der Waals surface area (Å²) < 4.78 is 6.93. The molecule has 9 nitrogen and oxygen atoms in total. The van der Waals surface area contributed by atoms with Crippen LogP contribution in [0.1, 0.15) is 17.7 Å². The van der Waals surface area contributed by atoms with Crippen LogP contribution in [0, 0.1) is 0 Å². The molecule has 150 valence electrons. The molecule has 4 rings (SSSR count). The number of carbonyl (C=O) groups is 1. The summed E-state index contributed by atoms with van der Waals surface area (Å²) in [5, 5.41) is 6.92. The summed E-state index contributed by atoms with van der Waals surface area (Å²) in [6, 6.07) is 3.60. The number of pyridine rings is 1. The van der Waals surface area contributed by atoms with Crippen LogP contribution in [0.25, 0.3) is 11.5 Å². The third-order valence-electron chi connectivity index (χ3n) is 4.84. The predicted octanol–water partition coefficient (Wildman–Crippen LogP) is 1.84. The summed E-state index contributed by atoms with van der Waals surface area (Å²) in [5.41, 5.74) is 3.44. The first-order chi connectivity index (χ1) is 14.0. The first-order valence-corrected chi connectivity index (χ1v) is 9.43. The average molecular weight is 393 g/mol. The van der Waals surface area contributed by atoms with E-state index in [1.54, 1.807) is 43.5 Å². The average Bonchev–Trinajstić information content (AvgIpc) is 3.35. The maximum Gasteiger partial charge on any atom is 0.244 e. The molecule has 3 heterocycles. The van der Waals surface area contributed by atoms with Crippen molar-refractivity contribution in [3.63, 3.8) is 0 Å². The van der Waals surface area contributed by atoms with Gasteiger partial charge in [-0.3, -0.25) is 14.5 Å². The van der Waals surface area contributed by atoms with Crippen molar-refractivity contribution >= 4 is 17.4 Å². The number of hydrogen-bond acceptors (Lipinski definition) is 7. The first kappa shape index (κ1) is 18.9. The lowest BCUT2D eigenvalue weighted by Crippen LogP contribution is -2.31. The Morgan fingerprint density at radius 2 is 2.21 bits per heavy atom. The fourth-order valence-electron chi connectivity index (χ4n) is 3.48. The van der Waals surface area contributed by atoms with Crippen molar-refractivity contribution in [2.45, 2.75) is 19.3 Å². The van der Waals surface area contributed by atoms with Gasteiger partial charge in [-0.05, 0) is 25.3 Å². The lowest BCUT2D eigenvalue weighted by atomic mass is 10.2. The Balaban J connectivity index is 1.60. The zero-order valence-electron chi connectivity index (χ0n) is 16.7. The van der Waals surface area contributed by atoms with Crippen molar-refractivity contribution in [1.82, 2.24) is 24.7 Å². The lowest BCUT2D eigenvalue weighted by molar-refractivity contribution is -0.114. The number of carbonyl (C=O) groups excluding carboxylic acids is 1. The molecular weight excluding hydrogens is 370 g/mol. The van der Waals surface area contributed by atoms with E-state index >= 15 is 0 Å². The molecule has 3 aromatic rings. The molecule has 0 aromatic carbocycles. The highest BCUT2D eigenvalue weighted by Gasteiger charge is 2.23. The number of aromatic nitrogens is 5. The summed E-state index contributed by atoms with van der Waals surface area (Å²) in [6.45, 7) is 0.170. The maximum absolute atomic E-state index is 12.5. The van der Waals surface area contributed by atoms with Gasteiger partial charge in [-0.15, -0.1) is 0 Å². The molecule has 0 fully saturated rings. The smallest absolute Gasteiger partial charge is 0.244 e. The van der Waals surface area contributed by atoms with Crippen molar-refractivity contribution in [3.8, 4) is 17.3 Å². The van der Waals surface area contributed by atoms with Crippen LogP contribution in [0.5, 0.6) is 5.75 Å². The second-order valence-electron chi connectivity index (χ2n) is 7.04. The number of ether oxygens (including phenoxy) is 1.